The minimum absolute atomic E-state index is 0.0287. The molecule has 0 bridgehead atoms. The van der Waals surface area contributed by atoms with Crippen molar-refractivity contribution < 1.29 is 27.9 Å². The number of benzene rings is 1. The number of carboxylic acids is 1. The fourth-order valence-corrected chi connectivity index (χ4v) is 3.86. The van der Waals surface area contributed by atoms with E-state index in [0.29, 0.717) is 5.69 Å². The molecule has 0 spiro atoms. The molecule has 3 heterocycles. The summed E-state index contributed by atoms with van der Waals surface area (Å²) < 4.78 is 31.7. The third-order valence-corrected chi connectivity index (χ3v) is 5.65. The number of nitrogens with zero attached hydrogens (tertiary/aromatic N) is 4. The van der Waals surface area contributed by atoms with Crippen molar-refractivity contribution in [3.63, 3.8) is 0 Å². The van der Waals surface area contributed by atoms with Gasteiger partial charge in [-0.25, -0.2) is 9.78 Å². The molecule has 0 atom stereocenters. The number of aromatic nitrogens is 2. The number of aliphatic carboxylic acids is 1. The Bertz CT molecular complexity index is 1090. The summed E-state index contributed by atoms with van der Waals surface area (Å²) in [6.45, 7) is 6.08. The summed E-state index contributed by atoms with van der Waals surface area (Å²) in [4.78, 5) is 35.0. The highest BCUT2D eigenvalue weighted by atomic mass is 32.1. The number of hydrogen-bond acceptors (Lipinski definition) is 6. The van der Waals surface area contributed by atoms with Crippen molar-refractivity contribution in [2.45, 2.75) is 19.6 Å². The van der Waals surface area contributed by atoms with Gasteiger partial charge in [0.1, 0.15) is 5.69 Å². The Kier molecular flexibility index (Phi) is 7.41. The quantitative estimate of drug-likeness (QED) is 0.635. The predicted octanol–water partition coefficient (Wildman–Crippen LogP) is 3.59. The van der Waals surface area contributed by atoms with Crippen LogP contribution in [0.3, 0.4) is 0 Å². The second kappa shape index (κ2) is 10.0. The van der Waals surface area contributed by atoms with E-state index in [1.54, 1.807) is 17.5 Å². The van der Waals surface area contributed by atoms with E-state index in [1.807, 2.05) is 42.2 Å². The monoisotopic (exact) mass is 466 g/mol. The second-order valence-electron chi connectivity index (χ2n) is 7.11. The lowest BCUT2D eigenvalue weighted by atomic mass is 10.1. The van der Waals surface area contributed by atoms with Gasteiger partial charge in [-0.1, -0.05) is 24.3 Å². The summed E-state index contributed by atoms with van der Waals surface area (Å²) in [7, 11) is 0. The fourth-order valence-electron chi connectivity index (χ4n) is 3.26. The third kappa shape index (κ3) is 6.01. The molecule has 4 rings (SSSR count). The van der Waals surface area contributed by atoms with Gasteiger partial charge < -0.3 is 10.0 Å². The number of amides is 1. The van der Waals surface area contributed by atoms with Gasteiger partial charge in [-0.2, -0.15) is 13.2 Å². The first-order valence-electron chi connectivity index (χ1n) is 9.71. The van der Waals surface area contributed by atoms with Crippen LogP contribution in [-0.4, -0.2) is 69.1 Å². The summed E-state index contributed by atoms with van der Waals surface area (Å²) in [5.41, 5.74) is 1.68. The van der Waals surface area contributed by atoms with Crippen molar-refractivity contribution in [2.24, 2.45) is 0 Å². The van der Waals surface area contributed by atoms with Crippen LogP contribution in [0.5, 0.6) is 0 Å². The minimum Gasteiger partial charge on any atom is -0.475 e. The molecule has 1 aliphatic rings. The zero-order chi connectivity index (χ0) is 23.3. The van der Waals surface area contributed by atoms with Crippen LogP contribution in [-0.2, 0) is 11.3 Å². The second-order valence-corrected chi connectivity index (χ2v) is 8.17. The van der Waals surface area contributed by atoms with Gasteiger partial charge in [0, 0.05) is 49.7 Å². The van der Waals surface area contributed by atoms with Gasteiger partial charge in [0.25, 0.3) is 5.91 Å². The van der Waals surface area contributed by atoms with Crippen molar-refractivity contribution in [2.75, 3.05) is 26.2 Å². The molecule has 1 aliphatic heterocycles. The van der Waals surface area contributed by atoms with E-state index >= 15 is 0 Å². The van der Waals surface area contributed by atoms with Crippen molar-refractivity contribution >= 4 is 34.0 Å². The standard InChI is InChI=1S/C19H20N4OS.C2HF3O2/c1-14-21-16(13-25-14)12-22-8-10-23(11-9-22)19(24)18-17-5-3-2-4-15(17)6-7-20-18;3-2(4,5)1(6)7/h2-7,13H,8-12H2,1H3;(H,6,7). The molecule has 0 unspecified atom stereocenters. The average molecular weight is 466 g/mol. The number of aryl methyl sites for hydroxylation is 1. The van der Waals surface area contributed by atoms with Gasteiger partial charge in [-0.15, -0.1) is 11.3 Å². The van der Waals surface area contributed by atoms with Crippen molar-refractivity contribution in [3.05, 3.63) is 58.3 Å². The summed E-state index contributed by atoms with van der Waals surface area (Å²) in [6.07, 6.45) is -3.36. The van der Waals surface area contributed by atoms with Crippen LogP contribution in [0.25, 0.3) is 10.8 Å². The van der Waals surface area contributed by atoms with E-state index in [2.05, 4.69) is 20.2 Å². The van der Waals surface area contributed by atoms with E-state index in [4.69, 9.17) is 9.90 Å². The van der Waals surface area contributed by atoms with Crippen LogP contribution in [0.4, 0.5) is 13.2 Å². The van der Waals surface area contributed by atoms with Crippen molar-refractivity contribution in [1.29, 1.82) is 0 Å². The molecular formula is C21H21F3N4O3S. The summed E-state index contributed by atoms with van der Waals surface area (Å²) in [5, 5.41) is 12.3. The van der Waals surface area contributed by atoms with E-state index in [0.717, 1.165) is 54.2 Å². The lowest BCUT2D eigenvalue weighted by molar-refractivity contribution is -0.192. The Morgan fingerprint density at radius 3 is 2.38 bits per heavy atom. The van der Waals surface area contributed by atoms with Crippen LogP contribution in [0.15, 0.2) is 41.9 Å². The third-order valence-electron chi connectivity index (χ3n) is 4.83. The van der Waals surface area contributed by atoms with E-state index in [1.165, 1.54) is 0 Å². The van der Waals surface area contributed by atoms with Crippen LogP contribution in [0.2, 0.25) is 0 Å². The number of thiazole rings is 1. The SMILES string of the molecule is Cc1nc(CN2CCN(C(=O)c3nccc4ccccc34)CC2)cs1.O=C(O)C(F)(F)F. The molecule has 3 aromatic rings. The molecule has 170 valence electrons. The first kappa shape index (κ1) is 23.6. The summed E-state index contributed by atoms with van der Waals surface area (Å²) in [6, 6.07) is 9.86. The predicted molar refractivity (Wildman–Crippen MR) is 113 cm³/mol. The van der Waals surface area contributed by atoms with E-state index in [9.17, 15) is 18.0 Å². The van der Waals surface area contributed by atoms with Gasteiger partial charge in [-0.3, -0.25) is 14.7 Å². The summed E-state index contributed by atoms with van der Waals surface area (Å²) in [5.74, 6) is -2.73. The Hall–Kier alpha value is -3.05. The van der Waals surface area contributed by atoms with Crippen LogP contribution < -0.4 is 0 Å². The van der Waals surface area contributed by atoms with Crippen molar-refractivity contribution in [3.8, 4) is 0 Å². The average Bonchev–Trinajstić information content (AvgIpc) is 3.17. The molecule has 11 heteroatoms. The smallest absolute Gasteiger partial charge is 0.475 e. The highest BCUT2D eigenvalue weighted by Crippen LogP contribution is 2.19. The Balaban J connectivity index is 0.000000360. The molecule has 7 nitrogen and oxygen atoms in total. The number of alkyl halides is 3. The Morgan fingerprint density at radius 2 is 1.78 bits per heavy atom. The number of pyridine rings is 1. The number of rotatable bonds is 3. The van der Waals surface area contributed by atoms with Crippen molar-refractivity contribution in [1.82, 2.24) is 19.8 Å². The molecular weight excluding hydrogens is 445 g/mol. The lowest BCUT2D eigenvalue weighted by Crippen LogP contribution is -2.48. The van der Waals surface area contributed by atoms with Gasteiger partial charge >= 0.3 is 12.1 Å². The maximum absolute atomic E-state index is 12.9. The lowest BCUT2D eigenvalue weighted by Gasteiger charge is -2.34. The molecule has 1 fully saturated rings. The van der Waals surface area contributed by atoms with Gasteiger partial charge in [0.15, 0.2) is 0 Å². The first-order valence-corrected chi connectivity index (χ1v) is 10.6. The maximum Gasteiger partial charge on any atom is 0.490 e. The molecule has 0 saturated carbocycles. The number of carbonyl (C=O) groups excluding carboxylic acids is 1. The van der Waals surface area contributed by atoms with Crippen LogP contribution >= 0.6 is 11.3 Å². The van der Waals surface area contributed by atoms with Crippen LogP contribution in [0.1, 0.15) is 21.2 Å². The molecule has 0 radical (unpaired) electrons. The highest BCUT2D eigenvalue weighted by Gasteiger charge is 2.38. The molecule has 1 aromatic carbocycles. The van der Waals surface area contributed by atoms with E-state index in [-0.39, 0.29) is 5.91 Å². The summed E-state index contributed by atoms with van der Waals surface area (Å²) >= 11 is 1.69. The number of halogens is 3. The zero-order valence-electron chi connectivity index (χ0n) is 17.2. The molecule has 1 saturated heterocycles. The van der Waals surface area contributed by atoms with E-state index < -0.39 is 12.1 Å². The van der Waals surface area contributed by atoms with Gasteiger partial charge in [0.2, 0.25) is 0 Å². The minimum atomic E-state index is -5.08. The number of carbonyl (C=O) groups is 2. The topological polar surface area (TPSA) is 86.6 Å². The molecule has 1 N–H and O–H groups in total. The first-order chi connectivity index (χ1) is 15.1. The normalized spacial score (nSPS) is 14.7. The highest BCUT2D eigenvalue weighted by molar-refractivity contribution is 7.09. The number of carboxylic acid groups (broad SMARTS) is 1. The van der Waals surface area contributed by atoms with Crippen LogP contribution in [0, 0.1) is 6.92 Å². The molecule has 1 amide bonds. The maximum atomic E-state index is 12.9. The largest absolute Gasteiger partial charge is 0.490 e. The number of hydrogen-bond donors (Lipinski definition) is 1. The fraction of sp³-hybridized carbons (Fsp3) is 0.333. The van der Waals surface area contributed by atoms with Gasteiger partial charge in [0.05, 0.1) is 10.7 Å². The molecule has 32 heavy (non-hydrogen) atoms. The molecule has 0 aliphatic carbocycles. The Morgan fingerprint density at radius 1 is 1.12 bits per heavy atom. The van der Waals surface area contributed by atoms with Gasteiger partial charge in [-0.05, 0) is 18.4 Å². The number of fused-ring (bicyclic) bond motifs is 1. The number of piperazine rings is 1. The zero-order valence-corrected chi connectivity index (χ0v) is 18.0. The Labute approximate surface area is 186 Å². The molecule has 2 aromatic heterocycles.